The zero-order valence-electron chi connectivity index (χ0n) is 15.2. The highest BCUT2D eigenvalue weighted by Gasteiger charge is 2.21. The molecule has 0 amide bonds. The van der Waals surface area contributed by atoms with Crippen molar-refractivity contribution in [3.63, 3.8) is 0 Å². The van der Waals surface area contributed by atoms with Gasteiger partial charge in [-0.3, -0.25) is 4.79 Å². The summed E-state index contributed by atoms with van der Waals surface area (Å²) in [4.78, 5) is 20.2. The lowest BCUT2D eigenvalue weighted by molar-refractivity contribution is -0.137. The van der Waals surface area contributed by atoms with Gasteiger partial charge in [-0.1, -0.05) is 43.7 Å². The van der Waals surface area contributed by atoms with Crippen molar-refractivity contribution in [3.8, 4) is 0 Å². The average molecular weight is 357 g/mol. The molecule has 1 aromatic carbocycles. The molecule has 0 spiro atoms. The molecule has 26 heavy (non-hydrogen) atoms. The van der Waals surface area contributed by atoms with E-state index in [9.17, 15) is 4.79 Å². The lowest BCUT2D eigenvalue weighted by Crippen LogP contribution is -2.17. The number of aliphatic carboxylic acids is 1. The molecular weight excluding hydrogens is 330 g/mol. The standard InChI is InChI=1S/C20H27N3O3/c1-2-7-17(19(26-21)10-6-11-20(24)25)18(23-13-12-22-15-23)14-16-8-4-3-5-9-16/h3-5,8-9,12-13,15,18H,2,6-7,10-11,14,21H2,1H3,(H,24,25)/b19-17+. The summed E-state index contributed by atoms with van der Waals surface area (Å²) in [5.41, 5.74) is 2.31. The van der Waals surface area contributed by atoms with Crippen LogP contribution in [0.5, 0.6) is 0 Å². The maximum Gasteiger partial charge on any atom is 0.303 e. The van der Waals surface area contributed by atoms with Gasteiger partial charge >= 0.3 is 5.97 Å². The molecule has 0 aliphatic carbocycles. The summed E-state index contributed by atoms with van der Waals surface area (Å²) in [5.74, 6) is 5.45. The highest BCUT2D eigenvalue weighted by atomic mass is 16.6. The molecule has 1 atom stereocenters. The van der Waals surface area contributed by atoms with Crippen LogP contribution in [0.15, 0.2) is 60.4 Å². The third-order valence-electron chi connectivity index (χ3n) is 4.37. The van der Waals surface area contributed by atoms with Gasteiger partial charge in [0.25, 0.3) is 0 Å². The molecule has 1 aromatic heterocycles. The van der Waals surface area contributed by atoms with E-state index in [1.54, 1.807) is 12.5 Å². The second-order valence-electron chi connectivity index (χ2n) is 6.28. The predicted molar refractivity (Wildman–Crippen MR) is 100 cm³/mol. The van der Waals surface area contributed by atoms with Gasteiger partial charge in [0, 0.05) is 25.2 Å². The Bertz CT molecular complexity index is 696. The number of hydrogen-bond acceptors (Lipinski definition) is 4. The largest absolute Gasteiger partial charge is 0.481 e. The molecule has 0 saturated carbocycles. The van der Waals surface area contributed by atoms with E-state index in [0.717, 1.165) is 24.8 Å². The van der Waals surface area contributed by atoms with E-state index in [2.05, 4.69) is 28.6 Å². The molecule has 2 aromatic rings. The van der Waals surface area contributed by atoms with Crippen molar-refractivity contribution in [2.75, 3.05) is 0 Å². The molecule has 2 rings (SSSR count). The quantitative estimate of drug-likeness (QED) is 0.471. The first-order valence-corrected chi connectivity index (χ1v) is 8.97. The Morgan fingerprint density at radius 1 is 1.27 bits per heavy atom. The Hall–Kier alpha value is -2.60. The third-order valence-corrected chi connectivity index (χ3v) is 4.37. The maximum atomic E-state index is 10.8. The van der Waals surface area contributed by atoms with Crippen LogP contribution < -0.4 is 5.90 Å². The number of nitrogens with zero attached hydrogens (tertiary/aromatic N) is 2. The number of carbonyl (C=O) groups is 1. The van der Waals surface area contributed by atoms with Crippen LogP contribution >= 0.6 is 0 Å². The Morgan fingerprint density at radius 3 is 2.62 bits per heavy atom. The minimum Gasteiger partial charge on any atom is -0.481 e. The van der Waals surface area contributed by atoms with E-state index in [-0.39, 0.29) is 12.5 Å². The van der Waals surface area contributed by atoms with E-state index in [1.165, 1.54) is 5.56 Å². The molecule has 6 nitrogen and oxygen atoms in total. The first kappa shape index (κ1) is 19.7. The molecule has 0 aliphatic heterocycles. The summed E-state index contributed by atoms with van der Waals surface area (Å²) < 4.78 is 2.06. The molecule has 6 heteroatoms. The molecule has 0 fully saturated rings. The predicted octanol–water partition coefficient (Wildman–Crippen LogP) is 3.87. The molecule has 1 unspecified atom stereocenters. The van der Waals surface area contributed by atoms with E-state index in [0.29, 0.717) is 18.6 Å². The third kappa shape index (κ3) is 5.74. The van der Waals surface area contributed by atoms with Crippen LogP contribution in [-0.2, 0) is 16.1 Å². The van der Waals surface area contributed by atoms with Gasteiger partial charge in [-0.25, -0.2) is 4.98 Å². The number of carboxylic acid groups (broad SMARTS) is 1. The second-order valence-corrected chi connectivity index (χ2v) is 6.28. The molecule has 0 bridgehead atoms. The molecule has 140 valence electrons. The zero-order chi connectivity index (χ0) is 18.8. The number of benzene rings is 1. The monoisotopic (exact) mass is 357 g/mol. The van der Waals surface area contributed by atoms with Crippen LogP contribution in [-0.4, -0.2) is 20.6 Å². The van der Waals surface area contributed by atoms with Gasteiger partial charge in [-0.15, -0.1) is 0 Å². The fraction of sp³-hybridized carbons (Fsp3) is 0.400. The first-order chi connectivity index (χ1) is 12.7. The SMILES string of the molecule is CCC/C(=C(/CCCC(=O)O)ON)C(Cc1ccccc1)n1ccnc1. The summed E-state index contributed by atoms with van der Waals surface area (Å²) in [6, 6.07) is 10.3. The first-order valence-electron chi connectivity index (χ1n) is 8.97. The fourth-order valence-corrected chi connectivity index (χ4v) is 3.16. The van der Waals surface area contributed by atoms with Crippen molar-refractivity contribution < 1.29 is 14.7 Å². The topological polar surface area (TPSA) is 90.4 Å². The van der Waals surface area contributed by atoms with Gasteiger partial charge in [0.1, 0.15) is 5.76 Å². The Kier molecular flexibility index (Phi) is 7.89. The molecule has 0 radical (unpaired) electrons. The number of allylic oxidation sites excluding steroid dienone is 2. The molecule has 0 aliphatic rings. The van der Waals surface area contributed by atoms with Crippen LogP contribution in [0.1, 0.15) is 50.6 Å². The van der Waals surface area contributed by atoms with Crippen LogP contribution in [0.4, 0.5) is 0 Å². The fourth-order valence-electron chi connectivity index (χ4n) is 3.16. The molecular formula is C20H27N3O3. The molecule has 3 N–H and O–H groups in total. The average Bonchev–Trinajstić information content (AvgIpc) is 3.17. The van der Waals surface area contributed by atoms with Gasteiger partial charge < -0.3 is 14.5 Å². The Morgan fingerprint density at radius 2 is 2.04 bits per heavy atom. The number of carboxylic acids is 1. The van der Waals surface area contributed by atoms with Crippen LogP contribution in [0.2, 0.25) is 0 Å². The maximum absolute atomic E-state index is 10.8. The van der Waals surface area contributed by atoms with Crippen molar-refractivity contribution >= 4 is 5.97 Å². The van der Waals surface area contributed by atoms with Gasteiger partial charge in [0.05, 0.1) is 12.4 Å². The Labute approximate surface area is 154 Å². The number of nitrogens with two attached hydrogens (primary N) is 1. The highest BCUT2D eigenvalue weighted by Crippen LogP contribution is 2.31. The van der Waals surface area contributed by atoms with Crippen LogP contribution in [0.3, 0.4) is 0 Å². The summed E-state index contributed by atoms with van der Waals surface area (Å²) in [5, 5.41) is 8.89. The smallest absolute Gasteiger partial charge is 0.303 e. The number of aromatic nitrogens is 2. The van der Waals surface area contributed by atoms with Crippen molar-refractivity contribution in [2.24, 2.45) is 5.90 Å². The Balaban J connectivity index is 2.34. The van der Waals surface area contributed by atoms with E-state index < -0.39 is 5.97 Å². The van der Waals surface area contributed by atoms with Gasteiger partial charge in [-0.2, -0.15) is 5.90 Å². The van der Waals surface area contributed by atoms with Crippen molar-refractivity contribution in [1.29, 1.82) is 0 Å². The van der Waals surface area contributed by atoms with Crippen molar-refractivity contribution in [2.45, 2.75) is 51.5 Å². The van der Waals surface area contributed by atoms with Gasteiger partial charge in [-0.05, 0) is 30.4 Å². The zero-order valence-corrected chi connectivity index (χ0v) is 15.2. The summed E-state index contributed by atoms with van der Waals surface area (Å²) in [6.45, 7) is 2.11. The highest BCUT2D eigenvalue weighted by molar-refractivity contribution is 5.66. The number of rotatable bonds is 11. The summed E-state index contributed by atoms with van der Waals surface area (Å²) in [6.07, 6.45) is 9.17. The molecule has 0 saturated heterocycles. The van der Waals surface area contributed by atoms with E-state index >= 15 is 0 Å². The molecule has 1 heterocycles. The normalized spacial score (nSPS) is 13.2. The van der Waals surface area contributed by atoms with Crippen LogP contribution in [0, 0.1) is 0 Å². The van der Waals surface area contributed by atoms with Gasteiger partial charge in [0.2, 0.25) is 0 Å². The van der Waals surface area contributed by atoms with Crippen LogP contribution in [0.25, 0.3) is 0 Å². The minimum atomic E-state index is -0.811. The summed E-state index contributed by atoms with van der Waals surface area (Å²) in [7, 11) is 0. The summed E-state index contributed by atoms with van der Waals surface area (Å²) >= 11 is 0. The van der Waals surface area contributed by atoms with E-state index in [4.69, 9.17) is 15.8 Å². The number of hydrogen-bond donors (Lipinski definition) is 2. The lowest BCUT2D eigenvalue weighted by atomic mass is 9.93. The lowest BCUT2D eigenvalue weighted by Gasteiger charge is -2.24. The second kappa shape index (κ2) is 10.4. The number of imidazole rings is 1. The van der Waals surface area contributed by atoms with Gasteiger partial charge in [0.15, 0.2) is 0 Å². The van der Waals surface area contributed by atoms with Crippen molar-refractivity contribution in [3.05, 3.63) is 65.9 Å². The minimum absolute atomic E-state index is 0.0308. The van der Waals surface area contributed by atoms with Crippen molar-refractivity contribution in [1.82, 2.24) is 9.55 Å². The van der Waals surface area contributed by atoms with E-state index in [1.807, 2.05) is 24.4 Å².